The molecule has 2 N–H and O–H groups in total. The molecular weight excluding hydrogens is 284 g/mol. The van der Waals surface area contributed by atoms with Crippen LogP contribution in [0.25, 0.3) is 16.6 Å². The third-order valence-electron chi connectivity index (χ3n) is 3.46. The molecule has 0 bridgehead atoms. The van der Waals surface area contributed by atoms with E-state index in [2.05, 4.69) is 4.98 Å². The van der Waals surface area contributed by atoms with Crippen LogP contribution in [0, 0.1) is 0 Å². The summed E-state index contributed by atoms with van der Waals surface area (Å²) in [6, 6.07) is 9.51. The summed E-state index contributed by atoms with van der Waals surface area (Å²) in [6.07, 6.45) is 1.41. The average molecular weight is 298 g/mol. The lowest BCUT2D eigenvalue weighted by molar-refractivity contribution is 0.281. The van der Waals surface area contributed by atoms with E-state index in [1.165, 1.54) is 30.1 Å². The highest BCUT2D eigenvalue weighted by atomic mass is 16.5. The second-order valence-electron chi connectivity index (χ2n) is 4.77. The van der Waals surface area contributed by atoms with E-state index in [4.69, 9.17) is 4.74 Å². The van der Waals surface area contributed by atoms with Crippen LogP contribution in [0.4, 0.5) is 0 Å². The fraction of sp³-hybridized carbons (Fsp3) is 0.125. The van der Waals surface area contributed by atoms with Gasteiger partial charge in [0, 0.05) is 5.56 Å². The van der Waals surface area contributed by atoms with Crippen LogP contribution >= 0.6 is 0 Å². The highest BCUT2D eigenvalue weighted by Crippen LogP contribution is 2.21. The first kappa shape index (κ1) is 14.1. The van der Waals surface area contributed by atoms with E-state index >= 15 is 0 Å². The van der Waals surface area contributed by atoms with E-state index in [-0.39, 0.29) is 17.9 Å². The average Bonchev–Trinajstić information content (AvgIpc) is 2.55. The summed E-state index contributed by atoms with van der Waals surface area (Å²) in [6.45, 7) is -0.299. The zero-order valence-electron chi connectivity index (χ0n) is 11.9. The molecule has 6 heteroatoms. The summed E-state index contributed by atoms with van der Waals surface area (Å²) in [5, 5.41) is 19.3. The Kier molecular flexibility index (Phi) is 3.52. The van der Waals surface area contributed by atoms with E-state index in [0.29, 0.717) is 27.9 Å². The van der Waals surface area contributed by atoms with Crippen LogP contribution < -0.4 is 10.3 Å². The fourth-order valence-corrected chi connectivity index (χ4v) is 2.33. The minimum absolute atomic E-state index is 0.0243. The Morgan fingerprint density at radius 3 is 2.77 bits per heavy atom. The number of methoxy groups -OCH3 is 1. The monoisotopic (exact) mass is 298 g/mol. The van der Waals surface area contributed by atoms with Gasteiger partial charge in [-0.15, -0.1) is 0 Å². The Balaban J connectivity index is 2.28. The minimum atomic E-state index is -0.299. The van der Waals surface area contributed by atoms with E-state index < -0.39 is 0 Å². The van der Waals surface area contributed by atoms with Gasteiger partial charge < -0.3 is 14.9 Å². The normalized spacial score (nSPS) is 10.8. The number of phenols is 1. The van der Waals surface area contributed by atoms with Crippen molar-refractivity contribution in [1.82, 2.24) is 9.55 Å². The van der Waals surface area contributed by atoms with Gasteiger partial charge in [-0.2, -0.15) is 0 Å². The summed E-state index contributed by atoms with van der Waals surface area (Å²) >= 11 is 0. The van der Waals surface area contributed by atoms with Crippen LogP contribution in [0.5, 0.6) is 11.5 Å². The van der Waals surface area contributed by atoms with Crippen LogP contribution in [0.1, 0.15) is 5.56 Å². The number of hydrogen-bond donors (Lipinski definition) is 2. The molecule has 112 valence electrons. The number of rotatable bonds is 3. The van der Waals surface area contributed by atoms with Gasteiger partial charge in [0.2, 0.25) is 0 Å². The van der Waals surface area contributed by atoms with Crippen molar-refractivity contribution >= 4 is 10.9 Å². The second-order valence-corrected chi connectivity index (χ2v) is 4.77. The predicted molar refractivity (Wildman–Crippen MR) is 81.5 cm³/mol. The van der Waals surface area contributed by atoms with Crippen LogP contribution in [0.3, 0.4) is 0 Å². The maximum Gasteiger partial charge on any atom is 0.265 e. The van der Waals surface area contributed by atoms with Crippen molar-refractivity contribution in [2.75, 3.05) is 7.11 Å². The van der Waals surface area contributed by atoms with E-state index in [1.807, 2.05) is 0 Å². The first-order valence-corrected chi connectivity index (χ1v) is 6.62. The highest BCUT2D eigenvalue weighted by Gasteiger charge is 2.10. The smallest absolute Gasteiger partial charge is 0.265 e. The first-order chi connectivity index (χ1) is 10.6. The van der Waals surface area contributed by atoms with Crippen molar-refractivity contribution in [2.45, 2.75) is 6.61 Å². The molecule has 22 heavy (non-hydrogen) atoms. The summed E-state index contributed by atoms with van der Waals surface area (Å²) in [5.74, 6) is 0.591. The lowest BCUT2D eigenvalue weighted by Gasteiger charge is -2.11. The molecule has 0 fully saturated rings. The Bertz CT molecular complexity index is 902. The first-order valence-electron chi connectivity index (χ1n) is 6.62. The van der Waals surface area contributed by atoms with Gasteiger partial charge in [0.15, 0.2) is 0 Å². The molecule has 0 aliphatic heterocycles. The number of aromatic nitrogens is 2. The SMILES string of the molecule is COc1ccc2ncn(-c3ccc(O)cc3CO)c(=O)c2c1. The molecule has 1 heterocycles. The molecular formula is C16H14N2O4. The third-order valence-corrected chi connectivity index (χ3v) is 3.46. The molecule has 0 atom stereocenters. The zero-order valence-corrected chi connectivity index (χ0v) is 11.9. The van der Waals surface area contributed by atoms with Gasteiger partial charge in [0.05, 0.1) is 30.3 Å². The maximum absolute atomic E-state index is 12.7. The van der Waals surface area contributed by atoms with Gasteiger partial charge in [0.1, 0.15) is 17.8 Å². The predicted octanol–water partition coefficient (Wildman–Crippen LogP) is 1.59. The molecule has 0 aliphatic rings. The highest BCUT2D eigenvalue weighted by molar-refractivity contribution is 5.79. The standard InChI is InChI=1S/C16H14N2O4/c1-22-12-3-4-14-13(7-12)16(21)18(9-17-14)15-5-2-11(20)6-10(15)8-19/h2-7,9,19-20H,8H2,1H3. The summed E-state index contributed by atoms with van der Waals surface area (Å²) in [5.41, 5.74) is 1.20. The Morgan fingerprint density at radius 1 is 1.23 bits per heavy atom. The van der Waals surface area contributed by atoms with Crippen LogP contribution in [0.15, 0.2) is 47.5 Å². The molecule has 3 aromatic rings. The van der Waals surface area contributed by atoms with Crippen molar-refractivity contribution in [2.24, 2.45) is 0 Å². The van der Waals surface area contributed by atoms with Gasteiger partial charge in [0.25, 0.3) is 5.56 Å². The number of aromatic hydroxyl groups is 1. The lowest BCUT2D eigenvalue weighted by Crippen LogP contribution is -2.20. The van der Waals surface area contributed by atoms with E-state index in [9.17, 15) is 15.0 Å². The van der Waals surface area contributed by atoms with Crippen molar-refractivity contribution < 1.29 is 14.9 Å². The molecule has 3 rings (SSSR count). The quantitative estimate of drug-likeness (QED) is 0.767. The fourth-order valence-electron chi connectivity index (χ4n) is 2.33. The number of phenolic OH excluding ortho intramolecular Hbond substituents is 1. The van der Waals surface area contributed by atoms with Crippen molar-refractivity contribution in [1.29, 1.82) is 0 Å². The molecule has 0 radical (unpaired) electrons. The second kappa shape index (κ2) is 5.50. The number of hydrogen-bond acceptors (Lipinski definition) is 5. The lowest BCUT2D eigenvalue weighted by atomic mass is 10.1. The topological polar surface area (TPSA) is 84.6 Å². The molecule has 0 saturated carbocycles. The Morgan fingerprint density at radius 2 is 2.05 bits per heavy atom. The van der Waals surface area contributed by atoms with Gasteiger partial charge in [-0.25, -0.2) is 4.98 Å². The largest absolute Gasteiger partial charge is 0.508 e. The van der Waals surface area contributed by atoms with Crippen LogP contribution in [-0.4, -0.2) is 26.9 Å². The van der Waals surface area contributed by atoms with Crippen LogP contribution in [0.2, 0.25) is 0 Å². The van der Waals surface area contributed by atoms with E-state index in [0.717, 1.165) is 0 Å². The van der Waals surface area contributed by atoms with Gasteiger partial charge in [-0.3, -0.25) is 9.36 Å². The van der Waals surface area contributed by atoms with Crippen molar-refractivity contribution in [3.63, 3.8) is 0 Å². The molecule has 2 aromatic carbocycles. The Labute approximate surface area is 125 Å². The molecule has 6 nitrogen and oxygen atoms in total. The number of ether oxygens (including phenoxy) is 1. The van der Waals surface area contributed by atoms with Crippen molar-refractivity contribution in [3.8, 4) is 17.2 Å². The van der Waals surface area contributed by atoms with Gasteiger partial charge in [-0.1, -0.05) is 0 Å². The number of fused-ring (bicyclic) bond motifs is 1. The molecule has 0 unspecified atom stereocenters. The number of aliphatic hydroxyl groups is 1. The zero-order chi connectivity index (χ0) is 15.7. The summed E-state index contributed by atoms with van der Waals surface area (Å²) in [7, 11) is 1.53. The van der Waals surface area contributed by atoms with Crippen LogP contribution in [-0.2, 0) is 6.61 Å². The molecule has 0 amide bonds. The molecule has 0 saturated heterocycles. The number of benzene rings is 2. The summed E-state index contributed by atoms with van der Waals surface area (Å²) < 4.78 is 6.47. The third kappa shape index (κ3) is 2.29. The van der Waals surface area contributed by atoms with E-state index in [1.54, 1.807) is 24.3 Å². The van der Waals surface area contributed by atoms with Gasteiger partial charge >= 0.3 is 0 Å². The molecule has 0 aliphatic carbocycles. The minimum Gasteiger partial charge on any atom is -0.508 e. The van der Waals surface area contributed by atoms with Gasteiger partial charge in [-0.05, 0) is 36.4 Å². The van der Waals surface area contributed by atoms with Crippen molar-refractivity contribution in [3.05, 3.63) is 58.6 Å². The number of aliphatic hydroxyl groups excluding tert-OH is 1. The maximum atomic E-state index is 12.7. The molecule has 0 spiro atoms. The number of nitrogens with zero attached hydrogens (tertiary/aromatic N) is 2. The molecule has 1 aromatic heterocycles. The Hall–Kier alpha value is -2.86. The summed E-state index contributed by atoms with van der Waals surface area (Å²) in [4.78, 5) is 16.9.